The van der Waals surface area contributed by atoms with Gasteiger partial charge in [0.1, 0.15) is 23.0 Å². The van der Waals surface area contributed by atoms with Crippen LogP contribution in [0.5, 0.6) is 17.4 Å². The lowest BCUT2D eigenvalue weighted by Gasteiger charge is -2.15. The number of aromatic nitrogens is 3. The Morgan fingerprint density at radius 3 is 2.47 bits per heavy atom. The maximum absolute atomic E-state index is 14.6. The number of benzene rings is 1. The summed E-state index contributed by atoms with van der Waals surface area (Å²) in [4.78, 5) is 39.7. The van der Waals surface area contributed by atoms with Crippen LogP contribution in [0.1, 0.15) is 5.69 Å². The molecule has 2 heterocycles. The lowest BCUT2D eigenvalue weighted by atomic mass is 10.2. The molecule has 34 heavy (non-hydrogen) atoms. The van der Waals surface area contributed by atoms with E-state index in [1.165, 1.54) is 25.4 Å². The smallest absolute Gasteiger partial charge is 0.431 e. The lowest BCUT2D eigenvalue weighted by Crippen LogP contribution is -2.41. The number of esters is 1. The Morgan fingerprint density at radius 2 is 1.88 bits per heavy atom. The fourth-order valence-electron chi connectivity index (χ4n) is 2.72. The zero-order valence-electron chi connectivity index (χ0n) is 17.4. The van der Waals surface area contributed by atoms with Crippen LogP contribution in [0.4, 0.5) is 17.6 Å². The van der Waals surface area contributed by atoms with Crippen molar-refractivity contribution in [2.45, 2.75) is 6.18 Å². The van der Waals surface area contributed by atoms with Gasteiger partial charge in [-0.2, -0.15) is 13.2 Å². The van der Waals surface area contributed by atoms with Gasteiger partial charge >= 0.3 is 17.8 Å². The van der Waals surface area contributed by atoms with Crippen LogP contribution < -0.4 is 20.7 Å². The van der Waals surface area contributed by atoms with Gasteiger partial charge in [-0.25, -0.2) is 23.5 Å². The summed E-state index contributed by atoms with van der Waals surface area (Å²) in [7, 11) is 1.98. The van der Waals surface area contributed by atoms with Crippen LogP contribution in [-0.2, 0) is 22.8 Å². The fourth-order valence-corrected chi connectivity index (χ4v) is 2.91. The highest BCUT2D eigenvalue weighted by Crippen LogP contribution is 2.33. The Morgan fingerprint density at radius 1 is 1.18 bits per heavy atom. The Balaban J connectivity index is 1.97. The molecule has 0 unspecified atom stereocenters. The molecule has 0 N–H and O–H groups in total. The van der Waals surface area contributed by atoms with E-state index in [2.05, 4.69) is 9.72 Å². The monoisotopic (exact) mass is 503 g/mol. The van der Waals surface area contributed by atoms with E-state index in [9.17, 15) is 31.9 Å². The van der Waals surface area contributed by atoms with Crippen LogP contribution in [0.2, 0.25) is 5.02 Å². The van der Waals surface area contributed by atoms with Crippen LogP contribution in [-0.4, -0.2) is 33.8 Å². The average molecular weight is 504 g/mol. The molecule has 14 heteroatoms. The van der Waals surface area contributed by atoms with Gasteiger partial charge in [-0.05, 0) is 12.1 Å². The third kappa shape index (κ3) is 5.20. The number of methoxy groups -OCH3 is 1. The zero-order valence-corrected chi connectivity index (χ0v) is 18.1. The van der Waals surface area contributed by atoms with Gasteiger partial charge in [0.15, 0.2) is 6.61 Å². The van der Waals surface area contributed by atoms with Gasteiger partial charge in [-0.1, -0.05) is 11.6 Å². The molecule has 0 aliphatic heterocycles. The van der Waals surface area contributed by atoms with Crippen LogP contribution in [0, 0.1) is 5.82 Å². The molecule has 3 aromatic rings. The van der Waals surface area contributed by atoms with Gasteiger partial charge in [0, 0.05) is 25.2 Å². The van der Waals surface area contributed by atoms with E-state index in [0.717, 1.165) is 19.2 Å². The number of rotatable bonds is 6. The Bertz CT molecular complexity index is 1350. The number of hydrogen-bond acceptors (Lipinski definition) is 7. The molecule has 1 aromatic carbocycles. The van der Waals surface area contributed by atoms with Gasteiger partial charge in [-0.3, -0.25) is 9.36 Å². The number of pyridine rings is 1. The summed E-state index contributed by atoms with van der Waals surface area (Å²) in [5.41, 5.74) is -5.01. The quantitative estimate of drug-likeness (QED) is 0.376. The number of ether oxygens (including phenoxy) is 3. The van der Waals surface area contributed by atoms with Crippen LogP contribution in [0.15, 0.2) is 46.1 Å². The molecular weight excluding hydrogens is 490 g/mol. The second kappa shape index (κ2) is 9.55. The van der Waals surface area contributed by atoms with E-state index in [-0.39, 0.29) is 44.2 Å². The van der Waals surface area contributed by atoms with Gasteiger partial charge in [0.2, 0.25) is 5.88 Å². The lowest BCUT2D eigenvalue weighted by molar-refractivity contribution is -0.144. The predicted molar refractivity (Wildman–Crippen MR) is 109 cm³/mol. The first-order chi connectivity index (χ1) is 15.9. The molecule has 0 fully saturated rings. The summed E-state index contributed by atoms with van der Waals surface area (Å²) in [5.74, 6) is -1.88. The number of carbonyl (C=O) groups is 1. The first-order valence-corrected chi connectivity index (χ1v) is 9.53. The predicted octanol–water partition coefficient (Wildman–Crippen LogP) is 3.09. The normalized spacial score (nSPS) is 11.3. The van der Waals surface area contributed by atoms with Crippen molar-refractivity contribution in [1.29, 1.82) is 0 Å². The van der Waals surface area contributed by atoms with Crippen LogP contribution in [0.3, 0.4) is 0 Å². The first-order valence-electron chi connectivity index (χ1n) is 9.15. The molecule has 3 rings (SSSR count). The van der Waals surface area contributed by atoms with E-state index >= 15 is 0 Å². The molecular formula is C20H14ClF4N3O6. The van der Waals surface area contributed by atoms with Gasteiger partial charge in [0.25, 0.3) is 5.56 Å². The molecule has 0 aliphatic rings. The minimum atomic E-state index is -4.97. The number of halogens is 5. The maximum atomic E-state index is 14.6. The molecule has 0 aliphatic carbocycles. The van der Waals surface area contributed by atoms with Crippen LogP contribution in [0.25, 0.3) is 5.69 Å². The first kappa shape index (κ1) is 24.8. The summed E-state index contributed by atoms with van der Waals surface area (Å²) in [5, 5.41) is -0.260. The van der Waals surface area contributed by atoms with Crippen molar-refractivity contribution in [2.75, 3.05) is 13.7 Å². The van der Waals surface area contributed by atoms with Crippen molar-refractivity contribution >= 4 is 17.6 Å². The van der Waals surface area contributed by atoms with E-state index in [1.54, 1.807) is 0 Å². The molecule has 0 spiro atoms. The van der Waals surface area contributed by atoms with Gasteiger partial charge in [-0.15, -0.1) is 0 Å². The molecule has 0 radical (unpaired) electrons. The Labute approximate surface area is 192 Å². The van der Waals surface area contributed by atoms with E-state index in [0.29, 0.717) is 0 Å². The molecule has 0 amide bonds. The maximum Gasteiger partial charge on any atom is 0.431 e. The molecule has 0 saturated carbocycles. The molecule has 0 saturated heterocycles. The highest BCUT2D eigenvalue weighted by molar-refractivity contribution is 6.32. The largest absolute Gasteiger partial charge is 0.466 e. The number of alkyl halides is 3. The molecule has 180 valence electrons. The summed E-state index contributed by atoms with van der Waals surface area (Å²) in [6.07, 6.45) is -3.80. The molecule has 0 atom stereocenters. The Kier molecular flexibility index (Phi) is 6.96. The third-order valence-corrected chi connectivity index (χ3v) is 4.65. The summed E-state index contributed by atoms with van der Waals surface area (Å²) < 4.78 is 69.2. The number of carbonyl (C=O) groups excluding carboxylic acids is 1. The third-order valence-electron chi connectivity index (χ3n) is 4.36. The highest BCUT2D eigenvalue weighted by Gasteiger charge is 2.35. The van der Waals surface area contributed by atoms with Crippen molar-refractivity contribution < 1.29 is 36.6 Å². The number of nitrogens with zero attached hydrogens (tertiary/aromatic N) is 3. The topological polar surface area (TPSA) is 102 Å². The summed E-state index contributed by atoms with van der Waals surface area (Å²) in [6, 6.07) is 4.49. The van der Waals surface area contributed by atoms with Gasteiger partial charge < -0.3 is 14.2 Å². The Hall–Kier alpha value is -3.87. The van der Waals surface area contributed by atoms with Crippen molar-refractivity contribution in [3.63, 3.8) is 0 Å². The standard InChI is InChI=1S/C20H14ClF4N3O6/c1-27-15(20(23,24)25)7-17(29)28(19(27)31)13-6-14(11(21)5-12(13)22)34-10-3-4-16(26-8-10)33-9-18(30)32-2/h3-8H,9H2,1-2H3. The molecule has 2 aromatic heterocycles. The zero-order chi connectivity index (χ0) is 25.2. The van der Waals surface area contributed by atoms with Gasteiger partial charge in [0.05, 0.1) is 24.0 Å². The highest BCUT2D eigenvalue weighted by atomic mass is 35.5. The average Bonchev–Trinajstić information content (AvgIpc) is 2.77. The van der Waals surface area contributed by atoms with E-state index in [1.807, 2.05) is 0 Å². The second-order valence-corrected chi connectivity index (χ2v) is 6.98. The SMILES string of the molecule is COC(=O)COc1ccc(Oc2cc(-n3c(=O)cc(C(F)(F)F)n(C)c3=O)c(F)cc2Cl)cn1. The van der Waals surface area contributed by atoms with Crippen LogP contribution >= 0.6 is 11.6 Å². The summed E-state index contributed by atoms with van der Waals surface area (Å²) >= 11 is 5.99. The second-order valence-electron chi connectivity index (χ2n) is 6.58. The van der Waals surface area contributed by atoms with E-state index in [4.69, 9.17) is 21.1 Å². The molecule has 9 nitrogen and oxygen atoms in total. The minimum absolute atomic E-state index is 0.0587. The van der Waals surface area contributed by atoms with E-state index < -0.39 is 40.6 Å². The van der Waals surface area contributed by atoms with Crippen molar-refractivity contribution in [1.82, 2.24) is 14.1 Å². The van der Waals surface area contributed by atoms with Crippen molar-refractivity contribution in [3.05, 3.63) is 73.9 Å². The minimum Gasteiger partial charge on any atom is -0.466 e. The fraction of sp³-hybridized carbons (Fsp3) is 0.200. The van der Waals surface area contributed by atoms with Crippen molar-refractivity contribution in [2.24, 2.45) is 7.05 Å². The molecule has 0 bridgehead atoms. The van der Waals surface area contributed by atoms with Crippen molar-refractivity contribution in [3.8, 4) is 23.1 Å². The number of hydrogen-bond donors (Lipinski definition) is 0. The summed E-state index contributed by atoms with van der Waals surface area (Å²) in [6.45, 7) is -0.381.